The molecule has 3 aromatic carbocycles. The Balaban J connectivity index is 1.91. The largest absolute Gasteiger partial charge is 0.497 e. The molecule has 0 fully saturated rings. The number of aryl methyl sites for hydroxylation is 1. The number of nitrogens with zero attached hydrogens (tertiary/aromatic N) is 1. The molecule has 0 heterocycles. The summed E-state index contributed by atoms with van der Waals surface area (Å²) < 4.78 is 33.5. The molecule has 0 aliphatic carbocycles. The molecule has 3 rings (SSSR count). The zero-order valence-electron chi connectivity index (χ0n) is 20.1. The van der Waals surface area contributed by atoms with Crippen LogP contribution >= 0.6 is 0 Å². The van der Waals surface area contributed by atoms with Gasteiger partial charge >= 0.3 is 0 Å². The molecule has 0 aromatic heterocycles. The molecule has 0 aliphatic rings. The Morgan fingerprint density at radius 1 is 0.941 bits per heavy atom. The summed E-state index contributed by atoms with van der Waals surface area (Å²) in [6, 6.07) is 22.8. The minimum Gasteiger partial charge on any atom is -0.497 e. The number of hydrogen-bond donors (Lipinski definition) is 1. The number of amides is 1. The topological polar surface area (TPSA) is 75.7 Å². The van der Waals surface area contributed by atoms with Gasteiger partial charge in [-0.3, -0.25) is 9.10 Å². The first-order valence-electron chi connectivity index (χ1n) is 11.3. The highest BCUT2D eigenvalue weighted by atomic mass is 32.2. The molecule has 0 unspecified atom stereocenters. The molecule has 1 amide bonds. The predicted molar refractivity (Wildman–Crippen MR) is 135 cm³/mol. The molecule has 180 valence electrons. The van der Waals surface area contributed by atoms with Gasteiger partial charge < -0.3 is 10.1 Å². The Labute approximate surface area is 202 Å². The Hall–Kier alpha value is -3.32. The first kappa shape index (κ1) is 25.3. The fourth-order valence-electron chi connectivity index (χ4n) is 3.71. The van der Waals surface area contributed by atoms with Gasteiger partial charge in [0.2, 0.25) is 5.91 Å². The molecule has 0 saturated carbocycles. The van der Waals surface area contributed by atoms with Gasteiger partial charge in [-0.25, -0.2) is 8.42 Å². The Bertz CT molecular complexity index is 1180. The molecule has 1 N–H and O–H groups in total. The van der Waals surface area contributed by atoms with Gasteiger partial charge in [0, 0.05) is 0 Å². The van der Waals surface area contributed by atoms with Crippen molar-refractivity contribution in [2.24, 2.45) is 5.92 Å². The summed E-state index contributed by atoms with van der Waals surface area (Å²) in [5.74, 6) is 0.534. The number of ether oxygens (including phenoxy) is 1. The third-order valence-corrected chi connectivity index (χ3v) is 7.29. The minimum absolute atomic E-state index is 0.0865. The van der Waals surface area contributed by atoms with Crippen LogP contribution in [-0.4, -0.2) is 28.0 Å². The fourth-order valence-corrected chi connectivity index (χ4v) is 5.13. The summed E-state index contributed by atoms with van der Waals surface area (Å²) in [6.45, 7) is 5.78. The number of carbonyl (C=O) groups excluding carboxylic acids is 1. The number of carbonyl (C=O) groups is 1. The van der Waals surface area contributed by atoms with Gasteiger partial charge in [-0.1, -0.05) is 61.9 Å². The van der Waals surface area contributed by atoms with E-state index in [1.54, 1.807) is 24.3 Å². The predicted octanol–water partition coefficient (Wildman–Crippen LogP) is 5.10. The molecule has 3 aromatic rings. The smallest absolute Gasteiger partial charge is 0.264 e. The van der Waals surface area contributed by atoms with Crippen LogP contribution in [0.25, 0.3) is 0 Å². The quantitative estimate of drug-likeness (QED) is 0.438. The van der Waals surface area contributed by atoms with Crippen molar-refractivity contribution in [3.63, 3.8) is 0 Å². The molecular formula is C27H32N2O4S. The van der Waals surface area contributed by atoms with Crippen LogP contribution in [0.1, 0.15) is 37.4 Å². The van der Waals surface area contributed by atoms with E-state index in [4.69, 9.17) is 4.74 Å². The molecule has 1 atom stereocenters. The zero-order chi connectivity index (χ0) is 24.7. The van der Waals surface area contributed by atoms with Crippen LogP contribution in [0.3, 0.4) is 0 Å². The Morgan fingerprint density at radius 3 is 2.12 bits per heavy atom. The minimum atomic E-state index is -3.99. The van der Waals surface area contributed by atoms with E-state index in [0.29, 0.717) is 17.4 Å². The van der Waals surface area contributed by atoms with Crippen molar-refractivity contribution in [1.82, 2.24) is 5.32 Å². The highest BCUT2D eigenvalue weighted by Crippen LogP contribution is 2.26. The summed E-state index contributed by atoms with van der Waals surface area (Å²) in [4.78, 5) is 13.3. The second-order valence-corrected chi connectivity index (χ2v) is 10.5. The van der Waals surface area contributed by atoms with Crippen LogP contribution in [0.15, 0.2) is 83.8 Å². The van der Waals surface area contributed by atoms with E-state index >= 15 is 0 Å². The van der Waals surface area contributed by atoms with E-state index in [9.17, 15) is 13.2 Å². The molecule has 6 nitrogen and oxygen atoms in total. The van der Waals surface area contributed by atoms with Gasteiger partial charge in [0.1, 0.15) is 12.3 Å². The lowest BCUT2D eigenvalue weighted by atomic mass is 9.97. The SMILES string of the molecule is COc1ccc(S(=O)(=O)N(CC(=O)N[C@@H](CC(C)C)c2ccccc2)c2ccc(C)cc2)cc1. The van der Waals surface area contributed by atoms with Crippen LogP contribution in [0.2, 0.25) is 0 Å². The second-order valence-electron chi connectivity index (χ2n) is 8.68. The lowest BCUT2D eigenvalue weighted by Crippen LogP contribution is -2.42. The van der Waals surface area contributed by atoms with E-state index in [-0.39, 0.29) is 23.4 Å². The van der Waals surface area contributed by atoms with Gasteiger partial charge in [0.15, 0.2) is 0 Å². The molecule has 0 radical (unpaired) electrons. The summed E-state index contributed by atoms with van der Waals surface area (Å²) in [6.07, 6.45) is 0.742. The maximum Gasteiger partial charge on any atom is 0.264 e. The number of rotatable bonds is 10. The molecule has 0 saturated heterocycles. The Kier molecular flexibility index (Phi) is 8.34. The summed E-state index contributed by atoms with van der Waals surface area (Å²) in [5.41, 5.74) is 2.41. The normalized spacial score (nSPS) is 12.3. The maximum absolute atomic E-state index is 13.6. The van der Waals surface area contributed by atoms with Crippen LogP contribution in [0, 0.1) is 12.8 Å². The fraction of sp³-hybridized carbons (Fsp3) is 0.296. The highest BCUT2D eigenvalue weighted by molar-refractivity contribution is 7.92. The maximum atomic E-state index is 13.6. The standard InChI is InChI=1S/C27H32N2O4S/c1-20(2)18-26(22-8-6-5-7-9-22)28-27(30)19-29(23-12-10-21(3)11-13-23)34(31,32)25-16-14-24(33-4)15-17-25/h5-17,20,26H,18-19H2,1-4H3,(H,28,30)/t26-/m0/s1. The second kappa shape index (κ2) is 11.2. The number of hydrogen-bond acceptors (Lipinski definition) is 4. The first-order chi connectivity index (χ1) is 16.2. The number of methoxy groups -OCH3 is 1. The van der Waals surface area contributed by atoms with Crippen LogP contribution in [0.5, 0.6) is 5.75 Å². The van der Waals surface area contributed by atoms with Gasteiger partial charge in [-0.05, 0) is 61.2 Å². The van der Waals surface area contributed by atoms with Crippen molar-refractivity contribution >= 4 is 21.6 Å². The molecular weight excluding hydrogens is 448 g/mol. The monoisotopic (exact) mass is 480 g/mol. The van der Waals surface area contributed by atoms with E-state index in [1.165, 1.54) is 19.2 Å². The lowest BCUT2D eigenvalue weighted by molar-refractivity contribution is -0.120. The molecule has 0 aliphatic heterocycles. The third-order valence-electron chi connectivity index (χ3n) is 5.50. The van der Waals surface area contributed by atoms with Crippen molar-refractivity contribution in [3.05, 3.63) is 90.0 Å². The summed E-state index contributed by atoms with van der Waals surface area (Å²) in [5, 5.41) is 3.05. The van der Waals surface area contributed by atoms with Crippen molar-refractivity contribution < 1.29 is 17.9 Å². The van der Waals surface area contributed by atoms with Crippen molar-refractivity contribution in [2.45, 2.75) is 38.1 Å². The van der Waals surface area contributed by atoms with Gasteiger partial charge in [-0.15, -0.1) is 0 Å². The molecule has 7 heteroatoms. The highest BCUT2D eigenvalue weighted by Gasteiger charge is 2.28. The molecule has 0 spiro atoms. The summed E-state index contributed by atoms with van der Waals surface area (Å²) >= 11 is 0. The zero-order valence-corrected chi connectivity index (χ0v) is 20.9. The number of benzene rings is 3. The van der Waals surface area contributed by atoms with E-state index in [1.807, 2.05) is 49.4 Å². The van der Waals surface area contributed by atoms with Gasteiger partial charge in [0.25, 0.3) is 10.0 Å². The molecule has 0 bridgehead atoms. The Morgan fingerprint density at radius 2 is 1.56 bits per heavy atom. The van der Waals surface area contributed by atoms with Gasteiger partial charge in [0.05, 0.1) is 23.7 Å². The van der Waals surface area contributed by atoms with E-state index in [2.05, 4.69) is 19.2 Å². The first-order valence-corrected chi connectivity index (χ1v) is 12.7. The van der Waals surface area contributed by atoms with Gasteiger partial charge in [-0.2, -0.15) is 0 Å². The third kappa shape index (κ3) is 6.38. The van der Waals surface area contributed by atoms with Crippen molar-refractivity contribution in [3.8, 4) is 5.75 Å². The lowest BCUT2D eigenvalue weighted by Gasteiger charge is -2.26. The van der Waals surface area contributed by atoms with Crippen molar-refractivity contribution in [2.75, 3.05) is 18.0 Å². The number of sulfonamides is 1. The van der Waals surface area contributed by atoms with Crippen LogP contribution < -0.4 is 14.4 Å². The summed E-state index contributed by atoms with van der Waals surface area (Å²) in [7, 11) is -2.47. The van der Waals surface area contributed by atoms with Crippen LogP contribution in [0.4, 0.5) is 5.69 Å². The number of anilines is 1. The van der Waals surface area contributed by atoms with Crippen molar-refractivity contribution in [1.29, 1.82) is 0 Å². The average Bonchev–Trinajstić information content (AvgIpc) is 2.83. The molecule has 34 heavy (non-hydrogen) atoms. The van der Waals surface area contributed by atoms with Crippen LogP contribution in [-0.2, 0) is 14.8 Å². The van der Waals surface area contributed by atoms with E-state index in [0.717, 1.165) is 21.9 Å². The van der Waals surface area contributed by atoms with E-state index < -0.39 is 10.0 Å². The number of nitrogens with one attached hydrogen (secondary N) is 1. The average molecular weight is 481 g/mol.